The molecule has 0 aliphatic carbocycles. The van der Waals surface area contributed by atoms with Crippen LogP contribution in [0.4, 0.5) is 16.3 Å². The zero-order valence-corrected chi connectivity index (χ0v) is 16.2. The van der Waals surface area contributed by atoms with E-state index in [2.05, 4.69) is 25.5 Å². The number of halogens is 1. The van der Waals surface area contributed by atoms with Gasteiger partial charge in [-0.3, -0.25) is 0 Å². The van der Waals surface area contributed by atoms with E-state index in [4.69, 9.17) is 11.6 Å². The predicted octanol–water partition coefficient (Wildman–Crippen LogP) is 2.98. The summed E-state index contributed by atoms with van der Waals surface area (Å²) in [6.07, 6.45) is 1.86. The van der Waals surface area contributed by atoms with Gasteiger partial charge in [0.05, 0.1) is 5.69 Å². The lowest BCUT2D eigenvalue weighted by Gasteiger charge is -2.35. The number of nitrogens with zero attached hydrogens (tertiary/aromatic N) is 6. The molecule has 0 radical (unpaired) electrons. The Balaban J connectivity index is 1.34. The maximum absolute atomic E-state index is 12.4. The fraction of sp³-hybridized carbons (Fsp3) is 0.263. The number of hydrogen-bond acceptors (Lipinski definition) is 5. The summed E-state index contributed by atoms with van der Waals surface area (Å²) in [7, 11) is 0. The Bertz CT molecular complexity index is 964. The van der Waals surface area contributed by atoms with Gasteiger partial charge in [-0.25, -0.2) is 9.48 Å². The van der Waals surface area contributed by atoms with Crippen molar-refractivity contribution in [3.63, 3.8) is 0 Å². The summed E-state index contributed by atoms with van der Waals surface area (Å²) in [5, 5.41) is 16.4. The van der Waals surface area contributed by atoms with Gasteiger partial charge in [-0.1, -0.05) is 17.7 Å². The van der Waals surface area contributed by atoms with Crippen LogP contribution >= 0.6 is 11.6 Å². The van der Waals surface area contributed by atoms with Gasteiger partial charge in [-0.05, 0) is 43.3 Å². The van der Waals surface area contributed by atoms with Gasteiger partial charge < -0.3 is 15.1 Å². The molecule has 0 bridgehead atoms. The summed E-state index contributed by atoms with van der Waals surface area (Å²) in [4.78, 5) is 16.3. The van der Waals surface area contributed by atoms with Crippen molar-refractivity contribution in [1.82, 2.24) is 24.9 Å². The van der Waals surface area contributed by atoms with E-state index in [1.807, 2.05) is 43.5 Å². The third-order valence-electron chi connectivity index (χ3n) is 4.56. The molecule has 8 nitrogen and oxygen atoms in total. The summed E-state index contributed by atoms with van der Waals surface area (Å²) >= 11 is 5.96. The second-order valence-corrected chi connectivity index (χ2v) is 7.00. The van der Waals surface area contributed by atoms with Gasteiger partial charge in [0.25, 0.3) is 0 Å². The molecule has 144 valence electrons. The van der Waals surface area contributed by atoms with Gasteiger partial charge in [0.1, 0.15) is 0 Å². The van der Waals surface area contributed by atoms with Gasteiger partial charge in [0.15, 0.2) is 11.6 Å². The minimum Gasteiger partial charge on any atom is -0.352 e. The van der Waals surface area contributed by atoms with Gasteiger partial charge in [0.2, 0.25) is 0 Å². The van der Waals surface area contributed by atoms with E-state index in [1.54, 1.807) is 21.7 Å². The van der Waals surface area contributed by atoms with Crippen LogP contribution in [0.3, 0.4) is 0 Å². The van der Waals surface area contributed by atoms with Crippen LogP contribution in [0.2, 0.25) is 5.02 Å². The zero-order chi connectivity index (χ0) is 19.5. The first kappa shape index (κ1) is 18.2. The van der Waals surface area contributed by atoms with E-state index < -0.39 is 0 Å². The van der Waals surface area contributed by atoms with Crippen molar-refractivity contribution in [1.29, 1.82) is 0 Å². The Morgan fingerprint density at radius 3 is 2.43 bits per heavy atom. The molecular weight excluding hydrogens is 378 g/mol. The summed E-state index contributed by atoms with van der Waals surface area (Å²) in [5.41, 5.74) is 1.62. The van der Waals surface area contributed by atoms with Crippen LogP contribution in [0, 0.1) is 6.92 Å². The molecule has 1 saturated heterocycles. The molecule has 3 aromatic rings. The van der Waals surface area contributed by atoms with Crippen LogP contribution in [0.25, 0.3) is 5.82 Å². The number of rotatable bonds is 3. The molecule has 1 aliphatic heterocycles. The molecule has 1 aliphatic rings. The van der Waals surface area contributed by atoms with Crippen LogP contribution in [-0.4, -0.2) is 57.1 Å². The lowest BCUT2D eigenvalue weighted by molar-refractivity contribution is 0.208. The molecule has 0 spiro atoms. The SMILES string of the molecule is Cc1ccn(-c2ccc(N3CCN(C(=O)Nc4cccc(Cl)c4)CC3)nn2)n1. The highest BCUT2D eigenvalue weighted by molar-refractivity contribution is 6.30. The number of aromatic nitrogens is 4. The normalized spacial score (nSPS) is 14.2. The first-order valence-electron chi connectivity index (χ1n) is 9.01. The first-order valence-corrected chi connectivity index (χ1v) is 9.39. The van der Waals surface area contributed by atoms with E-state index in [0.29, 0.717) is 42.7 Å². The molecule has 2 amide bonds. The number of hydrogen-bond donors (Lipinski definition) is 1. The van der Waals surface area contributed by atoms with Gasteiger partial charge in [-0.15, -0.1) is 10.2 Å². The Morgan fingerprint density at radius 1 is 1.04 bits per heavy atom. The maximum Gasteiger partial charge on any atom is 0.321 e. The van der Waals surface area contributed by atoms with E-state index in [-0.39, 0.29) is 6.03 Å². The molecule has 3 heterocycles. The Morgan fingerprint density at radius 2 is 1.79 bits per heavy atom. The zero-order valence-electron chi connectivity index (χ0n) is 15.4. The fourth-order valence-corrected chi connectivity index (χ4v) is 3.25. The smallest absolute Gasteiger partial charge is 0.321 e. The van der Waals surface area contributed by atoms with E-state index in [9.17, 15) is 4.79 Å². The molecule has 0 unspecified atom stereocenters. The number of carbonyl (C=O) groups is 1. The van der Waals surface area contributed by atoms with Gasteiger partial charge in [0, 0.05) is 43.1 Å². The highest BCUT2D eigenvalue weighted by atomic mass is 35.5. The fourth-order valence-electron chi connectivity index (χ4n) is 3.06. The van der Waals surface area contributed by atoms with Gasteiger partial charge in [-0.2, -0.15) is 5.10 Å². The largest absolute Gasteiger partial charge is 0.352 e. The number of anilines is 2. The number of amides is 2. The summed E-state index contributed by atoms with van der Waals surface area (Å²) < 4.78 is 1.70. The van der Waals surface area contributed by atoms with Gasteiger partial charge >= 0.3 is 6.03 Å². The third-order valence-corrected chi connectivity index (χ3v) is 4.80. The lowest BCUT2D eigenvalue weighted by atomic mass is 10.3. The van der Waals surface area contributed by atoms with Crippen molar-refractivity contribution in [2.45, 2.75) is 6.92 Å². The monoisotopic (exact) mass is 397 g/mol. The van der Waals surface area contributed by atoms with Crippen molar-refractivity contribution < 1.29 is 4.79 Å². The molecule has 1 aromatic carbocycles. The van der Waals surface area contributed by atoms with E-state index in [0.717, 1.165) is 11.5 Å². The van der Waals surface area contributed by atoms with Crippen LogP contribution in [0.1, 0.15) is 5.69 Å². The topological polar surface area (TPSA) is 79.2 Å². The number of aryl methyl sites for hydroxylation is 1. The average Bonchev–Trinajstić information content (AvgIpc) is 3.15. The van der Waals surface area contributed by atoms with Crippen molar-refractivity contribution in [2.75, 3.05) is 36.4 Å². The first-order chi connectivity index (χ1) is 13.6. The second kappa shape index (κ2) is 7.85. The molecular formula is C19H20ClN7O. The summed E-state index contributed by atoms with van der Waals surface area (Å²) in [6, 6.07) is 12.7. The predicted molar refractivity (Wildman–Crippen MR) is 108 cm³/mol. The molecule has 1 N–H and O–H groups in total. The van der Waals surface area contributed by atoms with Crippen LogP contribution in [-0.2, 0) is 0 Å². The molecule has 0 atom stereocenters. The number of piperazine rings is 1. The Labute approximate surface area is 167 Å². The molecule has 4 rings (SSSR count). The Hall–Kier alpha value is -3.13. The third kappa shape index (κ3) is 4.07. The Kier molecular flexibility index (Phi) is 5.12. The molecule has 2 aromatic heterocycles. The minimum atomic E-state index is -0.127. The second-order valence-electron chi connectivity index (χ2n) is 6.57. The van der Waals surface area contributed by atoms with Crippen molar-refractivity contribution in [3.05, 3.63) is 59.4 Å². The average molecular weight is 398 g/mol. The number of carbonyl (C=O) groups excluding carboxylic acids is 1. The van der Waals surface area contributed by atoms with E-state index in [1.165, 1.54) is 0 Å². The molecule has 0 saturated carbocycles. The summed E-state index contributed by atoms with van der Waals surface area (Å²) in [6.45, 7) is 4.53. The van der Waals surface area contributed by atoms with Crippen molar-refractivity contribution >= 4 is 29.1 Å². The standard InChI is InChI=1S/C19H20ClN7O/c1-14-7-8-27(24-14)18-6-5-17(22-23-18)25-9-11-26(12-10-25)19(28)21-16-4-2-3-15(20)13-16/h2-8,13H,9-12H2,1H3,(H,21,28). The van der Waals surface area contributed by atoms with Crippen LogP contribution in [0.15, 0.2) is 48.7 Å². The summed E-state index contributed by atoms with van der Waals surface area (Å²) in [5.74, 6) is 1.47. The van der Waals surface area contributed by atoms with Crippen molar-refractivity contribution in [2.24, 2.45) is 0 Å². The lowest BCUT2D eigenvalue weighted by Crippen LogP contribution is -2.50. The maximum atomic E-state index is 12.4. The molecule has 28 heavy (non-hydrogen) atoms. The highest BCUT2D eigenvalue weighted by Crippen LogP contribution is 2.17. The van der Waals surface area contributed by atoms with E-state index >= 15 is 0 Å². The number of benzene rings is 1. The number of urea groups is 1. The minimum absolute atomic E-state index is 0.127. The molecule has 1 fully saturated rings. The van der Waals surface area contributed by atoms with Crippen LogP contribution in [0.5, 0.6) is 0 Å². The van der Waals surface area contributed by atoms with Crippen LogP contribution < -0.4 is 10.2 Å². The number of nitrogens with one attached hydrogen (secondary N) is 1. The molecule has 9 heteroatoms. The quantitative estimate of drug-likeness (QED) is 0.735. The van der Waals surface area contributed by atoms with Crippen molar-refractivity contribution in [3.8, 4) is 5.82 Å². The highest BCUT2D eigenvalue weighted by Gasteiger charge is 2.22.